The largest absolute Gasteiger partial charge is 0.302 e. The van der Waals surface area contributed by atoms with E-state index >= 15 is 0 Å². The van der Waals surface area contributed by atoms with Crippen LogP contribution in [0.1, 0.15) is 10.4 Å². The number of carbonyl (C=O) groups excluding carboxylic acids is 1. The SMILES string of the molecule is CN(C)CC(=O)c1cccc(Cl)c1F. The fourth-order valence-electron chi connectivity index (χ4n) is 1.09. The number of hydrogen-bond donors (Lipinski definition) is 0. The number of rotatable bonds is 3. The molecule has 2 nitrogen and oxygen atoms in total. The topological polar surface area (TPSA) is 20.3 Å². The zero-order valence-electron chi connectivity index (χ0n) is 8.05. The van der Waals surface area contributed by atoms with Crippen molar-refractivity contribution >= 4 is 17.4 Å². The van der Waals surface area contributed by atoms with Crippen LogP contribution >= 0.6 is 11.6 Å². The quantitative estimate of drug-likeness (QED) is 0.721. The Bertz CT molecular complexity index is 352. The van der Waals surface area contributed by atoms with Gasteiger partial charge in [0.2, 0.25) is 0 Å². The van der Waals surface area contributed by atoms with Gasteiger partial charge in [-0.15, -0.1) is 0 Å². The van der Waals surface area contributed by atoms with Gasteiger partial charge in [0.05, 0.1) is 17.1 Å². The van der Waals surface area contributed by atoms with E-state index in [4.69, 9.17) is 11.6 Å². The Balaban J connectivity index is 2.96. The molecule has 0 bridgehead atoms. The van der Waals surface area contributed by atoms with Crippen molar-refractivity contribution in [3.05, 3.63) is 34.6 Å². The number of nitrogens with zero attached hydrogens (tertiary/aromatic N) is 1. The summed E-state index contributed by atoms with van der Waals surface area (Å²) in [6.45, 7) is 0.178. The molecule has 0 saturated carbocycles. The highest BCUT2D eigenvalue weighted by Gasteiger charge is 2.14. The van der Waals surface area contributed by atoms with E-state index in [1.165, 1.54) is 12.1 Å². The summed E-state index contributed by atoms with van der Waals surface area (Å²) in [4.78, 5) is 13.2. The highest BCUT2D eigenvalue weighted by molar-refractivity contribution is 6.31. The lowest BCUT2D eigenvalue weighted by Crippen LogP contribution is -2.22. The van der Waals surface area contributed by atoms with Crippen molar-refractivity contribution in [3.8, 4) is 0 Å². The van der Waals surface area contributed by atoms with Crippen molar-refractivity contribution in [1.29, 1.82) is 0 Å². The van der Waals surface area contributed by atoms with Crippen LogP contribution in [0.25, 0.3) is 0 Å². The average Bonchev–Trinajstić information content (AvgIpc) is 2.08. The second kappa shape index (κ2) is 4.53. The number of halogens is 2. The number of Topliss-reactive ketones (excluding diaryl/α,β-unsaturated/α-hetero) is 1. The molecular formula is C10H11ClFNO. The van der Waals surface area contributed by atoms with Crippen molar-refractivity contribution in [2.45, 2.75) is 0 Å². The molecule has 0 unspecified atom stereocenters. The number of ketones is 1. The Morgan fingerprint density at radius 2 is 2.14 bits per heavy atom. The highest BCUT2D eigenvalue weighted by atomic mass is 35.5. The highest BCUT2D eigenvalue weighted by Crippen LogP contribution is 2.18. The first-order valence-corrected chi connectivity index (χ1v) is 4.52. The smallest absolute Gasteiger partial charge is 0.179 e. The summed E-state index contributed by atoms with van der Waals surface area (Å²) < 4.78 is 13.3. The molecule has 0 radical (unpaired) electrons. The van der Waals surface area contributed by atoms with E-state index in [2.05, 4.69) is 0 Å². The van der Waals surface area contributed by atoms with Crippen LogP contribution in [0.2, 0.25) is 5.02 Å². The molecule has 0 aliphatic carbocycles. The van der Waals surface area contributed by atoms with E-state index in [0.717, 1.165) is 0 Å². The van der Waals surface area contributed by atoms with E-state index in [9.17, 15) is 9.18 Å². The number of likely N-dealkylation sites (N-methyl/N-ethyl adjacent to an activating group) is 1. The molecule has 14 heavy (non-hydrogen) atoms. The van der Waals surface area contributed by atoms with Gasteiger partial charge in [-0.3, -0.25) is 4.79 Å². The summed E-state index contributed by atoms with van der Waals surface area (Å²) >= 11 is 5.55. The molecule has 0 heterocycles. The minimum atomic E-state index is -0.638. The van der Waals surface area contributed by atoms with E-state index in [1.807, 2.05) is 0 Å². The van der Waals surface area contributed by atoms with Gasteiger partial charge in [-0.05, 0) is 26.2 Å². The lowest BCUT2D eigenvalue weighted by molar-refractivity contribution is 0.0954. The second-order valence-corrected chi connectivity index (χ2v) is 3.67. The fraction of sp³-hybridized carbons (Fsp3) is 0.300. The molecule has 1 aromatic rings. The standard InChI is InChI=1S/C10H11ClFNO/c1-13(2)6-9(14)7-4-3-5-8(11)10(7)12/h3-5H,6H2,1-2H3. The average molecular weight is 216 g/mol. The molecule has 0 atom stereocenters. The number of hydrogen-bond acceptors (Lipinski definition) is 2. The van der Waals surface area contributed by atoms with Crippen LogP contribution in [0.4, 0.5) is 4.39 Å². The fourth-order valence-corrected chi connectivity index (χ4v) is 1.27. The van der Waals surface area contributed by atoms with Gasteiger partial charge in [-0.25, -0.2) is 4.39 Å². The summed E-state index contributed by atoms with van der Waals surface area (Å²) in [5.74, 6) is -0.906. The van der Waals surface area contributed by atoms with E-state index in [0.29, 0.717) is 0 Å². The Morgan fingerprint density at radius 1 is 1.50 bits per heavy atom. The molecule has 0 saturated heterocycles. The van der Waals surface area contributed by atoms with Crippen LogP contribution in [0, 0.1) is 5.82 Å². The number of carbonyl (C=O) groups is 1. The second-order valence-electron chi connectivity index (χ2n) is 3.26. The van der Waals surface area contributed by atoms with Crippen molar-refractivity contribution in [3.63, 3.8) is 0 Å². The van der Waals surface area contributed by atoms with E-state index in [-0.39, 0.29) is 22.9 Å². The van der Waals surface area contributed by atoms with Crippen molar-refractivity contribution in [1.82, 2.24) is 4.90 Å². The van der Waals surface area contributed by atoms with Gasteiger partial charge in [-0.1, -0.05) is 17.7 Å². The van der Waals surface area contributed by atoms with Crippen molar-refractivity contribution in [2.75, 3.05) is 20.6 Å². The minimum Gasteiger partial charge on any atom is -0.302 e. The van der Waals surface area contributed by atoms with Gasteiger partial charge < -0.3 is 4.90 Å². The van der Waals surface area contributed by atoms with Crippen LogP contribution in [-0.4, -0.2) is 31.3 Å². The van der Waals surface area contributed by atoms with Crippen LogP contribution in [-0.2, 0) is 0 Å². The first kappa shape index (κ1) is 11.1. The first-order valence-electron chi connectivity index (χ1n) is 4.14. The van der Waals surface area contributed by atoms with Gasteiger partial charge in [0, 0.05) is 0 Å². The first-order chi connectivity index (χ1) is 6.52. The van der Waals surface area contributed by atoms with Crippen LogP contribution < -0.4 is 0 Å². The predicted molar refractivity (Wildman–Crippen MR) is 54.3 cm³/mol. The Labute approximate surface area is 87.3 Å². The minimum absolute atomic E-state index is 0.0189. The van der Waals surface area contributed by atoms with E-state index in [1.54, 1.807) is 25.1 Å². The lowest BCUT2D eigenvalue weighted by atomic mass is 10.1. The van der Waals surface area contributed by atoms with Gasteiger partial charge in [-0.2, -0.15) is 0 Å². The molecule has 0 spiro atoms. The summed E-state index contributed by atoms with van der Waals surface area (Å²) in [5.41, 5.74) is 0.0474. The molecule has 0 aliphatic heterocycles. The summed E-state index contributed by atoms with van der Waals surface area (Å²) in [6, 6.07) is 4.42. The molecule has 4 heteroatoms. The Kier molecular flexibility index (Phi) is 3.61. The maximum absolute atomic E-state index is 13.3. The molecule has 0 aromatic heterocycles. The van der Waals surface area contributed by atoms with Gasteiger partial charge in [0.25, 0.3) is 0 Å². The Morgan fingerprint density at radius 3 is 2.71 bits per heavy atom. The zero-order valence-corrected chi connectivity index (χ0v) is 8.81. The van der Waals surface area contributed by atoms with Crippen LogP contribution in [0.3, 0.4) is 0 Å². The maximum Gasteiger partial charge on any atom is 0.179 e. The van der Waals surface area contributed by atoms with Gasteiger partial charge in [0.15, 0.2) is 11.6 Å². The summed E-state index contributed by atoms with van der Waals surface area (Å²) in [5, 5.41) is -0.0189. The molecule has 0 N–H and O–H groups in total. The van der Waals surface area contributed by atoms with Crippen molar-refractivity contribution in [2.24, 2.45) is 0 Å². The molecule has 1 rings (SSSR count). The van der Waals surface area contributed by atoms with Gasteiger partial charge in [0.1, 0.15) is 0 Å². The molecule has 1 aromatic carbocycles. The maximum atomic E-state index is 13.3. The molecule has 0 fully saturated rings. The van der Waals surface area contributed by atoms with Gasteiger partial charge >= 0.3 is 0 Å². The number of benzene rings is 1. The normalized spacial score (nSPS) is 10.6. The molecule has 76 valence electrons. The third-order valence-electron chi connectivity index (χ3n) is 1.71. The summed E-state index contributed by atoms with van der Waals surface area (Å²) in [7, 11) is 3.50. The summed E-state index contributed by atoms with van der Waals surface area (Å²) in [6.07, 6.45) is 0. The molecule has 0 aliphatic rings. The van der Waals surface area contributed by atoms with Crippen LogP contribution in [0.5, 0.6) is 0 Å². The lowest BCUT2D eigenvalue weighted by Gasteiger charge is -2.09. The van der Waals surface area contributed by atoms with E-state index < -0.39 is 5.82 Å². The van der Waals surface area contributed by atoms with Crippen molar-refractivity contribution < 1.29 is 9.18 Å². The predicted octanol–water partition coefficient (Wildman–Crippen LogP) is 2.22. The van der Waals surface area contributed by atoms with Crippen LogP contribution in [0.15, 0.2) is 18.2 Å². The molecule has 0 amide bonds. The monoisotopic (exact) mass is 215 g/mol. The third-order valence-corrected chi connectivity index (χ3v) is 2.00. The molecular weight excluding hydrogens is 205 g/mol. The third kappa shape index (κ3) is 2.53. The Hall–Kier alpha value is -0.930. The zero-order chi connectivity index (χ0) is 10.7.